The van der Waals surface area contributed by atoms with Crippen LogP contribution in [0.3, 0.4) is 0 Å². The minimum Gasteiger partial charge on any atom is -0.358 e. The Morgan fingerprint density at radius 3 is 2.30 bits per heavy atom. The van der Waals surface area contributed by atoms with Crippen molar-refractivity contribution in [1.82, 2.24) is 9.55 Å². The van der Waals surface area contributed by atoms with E-state index in [4.69, 9.17) is 0 Å². The third-order valence-electron chi connectivity index (χ3n) is 5.78. The van der Waals surface area contributed by atoms with Crippen molar-refractivity contribution in [2.45, 2.75) is 51.9 Å². The summed E-state index contributed by atoms with van der Waals surface area (Å²) in [6.45, 7) is 11.5. The minimum atomic E-state index is 0.0601. The Morgan fingerprint density at radius 1 is 0.852 bits per heavy atom. The van der Waals surface area contributed by atoms with Crippen molar-refractivity contribution in [1.29, 1.82) is 0 Å². The third-order valence-corrected chi connectivity index (χ3v) is 5.78. The summed E-state index contributed by atoms with van der Waals surface area (Å²) < 4.78 is 2.35. The lowest BCUT2D eigenvalue weighted by atomic mass is 9.82. The van der Waals surface area contributed by atoms with Gasteiger partial charge in [-0.15, -0.1) is 0 Å². The average molecular weight is 359 g/mol. The van der Waals surface area contributed by atoms with Crippen molar-refractivity contribution >= 4 is 21.8 Å². The van der Waals surface area contributed by atoms with Gasteiger partial charge >= 0.3 is 0 Å². The summed E-state index contributed by atoms with van der Waals surface area (Å²) in [5.41, 5.74) is 6.79. The average Bonchev–Trinajstić information content (AvgIpc) is 3.16. The maximum Gasteiger partial charge on any atom is 0.0480 e. The number of H-pyrrole nitrogens is 1. The standard InChI is InChI=1S/C25H30N2/c1-24(2,3)22-14-19-13-17(11-12-20(19)26-22)16-25(4,5)23-15-18-9-7-8-10-21(18)27(23)6/h7-15,26H,16H2,1-6H3. The van der Waals surface area contributed by atoms with Crippen LogP contribution in [0, 0.1) is 0 Å². The lowest BCUT2D eigenvalue weighted by Crippen LogP contribution is -2.23. The fourth-order valence-electron chi connectivity index (χ4n) is 4.24. The number of hydrogen-bond acceptors (Lipinski definition) is 0. The molecule has 4 rings (SSSR count). The van der Waals surface area contributed by atoms with E-state index in [0.29, 0.717) is 0 Å². The summed E-state index contributed by atoms with van der Waals surface area (Å²) >= 11 is 0. The van der Waals surface area contributed by atoms with E-state index in [2.05, 4.69) is 106 Å². The fourth-order valence-corrected chi connectivity index (χ4v) is 4.24. The molecule has 0 atom stereocenters. The number of rotatable bonds is 3. The van der Waals surface area contributed by atoms with E-state index in [1.54, 1.807) is 0 Å². The Kier molecular flexibility index (Phi) is 3.99. The second kappa shape index (κ2) is 6.02. The Morgan fingerprint density at radius 2 is 1.59 bits per heavy atom. The molecule has 140 valence electrons. The molecule has 2 aromatic carbocycles. The number of aryl methyl sites for hydroxylation is 1. The van der Waals surface area contributed by atoms with E-state index in [1.807, 2.05) is 0 Å². The summed E-state index contributed by atoms with van der Waals surface area (Å²) in [5, 5.41) is 2.63. The Labute approximate surface area is 162 Å². The van der Waals surface area contributed by atoms with Crippen LogP contribution >= 0.6 is 0 Å². The molecule has 27 heavy (non-hydrogen) atoms. The molecule has 2 aromatic heterocycles. The third kappa shape index (κ3) is 3.18. The second-order valence-electron chi connectivity index (χ2n) is 9.56. The van der Waals surface area contributed by atoms with Crippen LogP contribution in [-0.2, 0) is 24.3 Å². The van der Waals surface area contributed by atoms with E-state index in [-0.39, 0.29) is 10.8 Å². The summed E-state index contributed by atoms with van der Waals surface area (Å²) in [6, 6.07) is 20.2. The van der Waals surface area contributed by atoms with Crippen molar-refractivity contribution in [3.05, 3.63) is 71.5 Å². The molecule has 0 unspecified atom stereocenters. The highest BCUT2D eigenvalue weighted by Gasteiger charge is 2.25. The van der Waals surface area contributed by atoms with Crippen LogP contribution in [0.1, 0.15) is 51.6 Å². The molecule has 0 fully saturated rings. The highest BCUT2D eigenvalue weighted by atomic mass is 15.0. The number of para-hydroxylation sites is 1. The van der Waals surface area contributed by atoms with Gasteiger partial charge in [0.1, 0.15) is 0 Å². The first-order valence-corrected chi connectivity index (χ1v) is 9.82. The number of aromatic nitrogens is 2. The topological polar surface area (TPSA) is 20.7 Å². The molecule has 0 aliphatic heterocycles. The summed E-state index contributed by atoms with van der Waals surface area (Å²) in [4.78, 5) is 3.58. The predicted octanol–water partition coefficient (Wildman–Crippen LogP) is 6.48. The lowest BCUT2D eigenvalue weighted by molar-refractivity contribution is 0.490. The van der Waals surface area contributed by atoms with Crippen LogP contribution in [-0.4, -0.2) is 9.55 Å². The van der Waals surface area contributed by atoms with Crippen LogP contribution in [0.4, 0.5) is 0 Å². The molecule has 0 saturated heterocycles. The molecule has 0 aliphatic carbocycles. The summed E-state index contributed by atoms with van der Waals surface area (Å²) in [6.07, 6.45) is 1.02. The van der Waals surface area contributed by atoms with Gasteiger partial charge < -0.3 is 9.55 Å². The van der Waals surface area contributed by atoms with Gasteiger partial charge in [0.15, 0.2) is 0 Å². The maximum absolute atomic E-state index is 3.58. The minimum absolute atomic E-state index is 0.0601. The van der Waals surface area contributed by atoms with E-state index >= 15 is 0 Å². The van der Waals surface area contributed by atoms with Crippen LogP contribution in [0.25, 0.3) is 21.8 Å². The zero-order chi connectivity index (χ0) is 19.4. The Hall–Kier alpha value is -2.48. The molecule has 0 bridgehead atoms. The van der Waals surface area contributed by atoms with E-state index in [9.17, 15) is 0 Å². The largest absolute Gasteiger partial charge is 0.358 e. The van der Waals surface area contributed by atoms with Gasteiger partial charge in [-0.25, -0.2) is 0 Å². The summed E-state index contributed by atoms with van der Waals surface area (Å²) in [5.74, 6) is 0. The van der Waals surface area contributed by atoms with Gasteiger partial charge in [0, 0.05) is 40.3 Å². The molecule has 0 spiro atoms. The number of fused-ring (bicyclic) bond motifs is 2. The number of hydrogen-bond donors (Lipinski definition) is 1. The van der Waals surface area contributed by atoms with Gasteiger partial charge in [-0.2, -0.15) is 0 Å². The normalized spacial score (nSPS) is 13.0. The first kappa shape index (κ1) is 17.9. The van der Waals surface area contributed by atoms with Crippen molar-refractivity contribution in [2.75, 3.05) is 0 Å². The Balaban J connectivity index is 1.70. The van der Waals surface area contributed by atoms with Gasteiger partial charge in [-0.05, 0) is 53.1 Å². The monoisotopic (exact) mass is 358 g/mol. The van der Waals surface area contributed by atoms with Gasteiger partial charge in [-0.1, -0.05) is 58.9 Å². The molecule has 1 N–H and O–H groups in total. The zero-order valence-corrected chi connectivity index (χ0v) is 17.4. The summed E-state index contributed by atoms with van der Waals surface area (Å²) in [7, 11) is 2.18. The number of benzene rings is 2. The van der Waals surface area contributed by atoms with Gasteiger partial charge in [0.05, 0.1) is 0 Å². The van der Waals surface area contributed by atoms with Gasteiger partial charge in [0.2, 0.25) is 0 Å². The molecule has 0 amide bonds. The van der Waals surface area contributed by atoms with E-state index in [0.717, 1.165) is 6.42 Å². The molecule has 2 heterocycles. The van der Waals surface area contributed by atoms with Crippen molar-refractivity contribution in [2.24, 2.45) is 7.05 Å². The van der Waals surface area contributed by atoms with Crippen molar-refractivity contribution in [3.8, 4) is 0 Å². The highest BCUT2D eigenvalue weighted by Crippen LogP contribution is 2.33. The van der Waals surface area contributed by atoms with Gasteiger partial charge in [0.25, 0.3) is 0 Å². The number of nitrogens with one attached hydrogen (secondary N) is 1. The fraction of sp³-hybridized carbons (Fsp3) is 0.360. The smallest absolute Gasteiger partial charge is 0.0480 e. The van der Waals surface area contributed by atoms with Crippen LogP contribution < -0.4 is 0 Å². The molecule has 0 radical (unpaired) electrons. The van der Waals surface area contributed by atoms with Crippen LogP contribution in [0.2, 0.25) is 0 Å². The predicted molar refractivity (Wildman–Crippen MR) is 117 cm³/mol. The molecule has 4 aromatic rings. The molecular formula is C25H30N2. The highest BCUT2D eigenvalue weighted by molar-refractivity contribution is 5.82. The number of nitrogens with zero attached hydrogens (tertiary/aromatic N) is 1. The van der Waals surface area contributed by atoms with Crippen LogP contribution in [0.15, 0.2) is 54.6 Å². The first-order valence-electron chi connectivity index (χ1n) is 9.82. The van der Waals surface area contributed by atoms with E-state index < -0.39 is 0 Å². The SMILES string of the molecule is Cn1c(C(C)(C)Cc2ccc3[nH]c(C(C)(C)C)cc3c2)cc2ccccc21. The lowest BCUT2D eigenvalue weighted by Gasteiger charge is -2.26. The molecule has 0 saturated carbocycles. The molecule has 2 heteroatoms. The quantitative estimate of drug-likeness (QED) is 0.433. The van der Waals surface area contributed by atoms with Crippen LogP contribution in [0.5, 0.6) is 0 Å². The molecule has 2 nitrogen and oxygen atoms in total. The van der Waals surface area contributed by atoms with Crippen molar-refractivity contribution in [3.63, 3.8) is 0 Å². The first-order chi connectivity index (χ1) is 12.6. The molecule has 0 aliphatic rings. The second-order valence-corrected chi connectivity index (χ2v) is 9.56. The van der Waals surface area contributed by atoms with Crippen molar-refractivity contribution < 1.29 is 0 Å². The maximum atomic E-state index is 3.58. The number of aromatic amines is 1. The van der Waals surface area contributed by atoms with E-state index in [1.165, 1.54) is 38.8 Å². The zero-order valence-electron chi connectivity index (χ0n) is 17.4. The van der Waals surface area contributed by atoms with Gasteiger partial charge in [-0.3, -0.25) is 0 Å². The Bertz CT molecular complexity index is 1120. The molecular weight excluding hydrogens is 328 g/mol.